The van der Waals surface area contributed by atoms with Crippen LogP contribution in [0.15, 0.2) is 30.3 Å². The minimum atomic E-state index is -2.02. The van der Waals surface area contributed by atoms with Gasteiger partial charge in [-0.25, -0.2) is 0 Å². The number of hydrogen-bond acceptors (Lipinski definition) is 22. The summed E-state index contributed by atoms with van der Waals surface area (Å²) in [7, 11) is 0. The van der Waals surface area contributed by atoms with Crippen LogP contribution in [0.1, 0.15) is 26.2 Å². The van der Waals surface area contributed by atoms with Crippen molar-refractivity contribution in [2.75, 3.05) is 39.6 Å². The summed E-state index contributed by atoms with van der Waals surface area (Å²) < 4.78 is 52.2. The van der Waals surface area contributed by atoms with E-state index in [1.54, 1.807) is 30.3 Å². The van der Waals surface area contributed by atoms with Crippen molar-refractivity contribution >= 4 is 5.91 Å². The number of carbonyl (C=O) groups is 1. The Kier molecular flexibility index (Phi) is 18.6. The van der Waals surface area contributed by atoms with Crippen molar-refractivity contribution in [2.24, 2.45) is 5.73 Å². The van der Waals surface area contributed by atoms with Crippen molar-refractivity contribution in [1.82, 2.24) is 5.32 Å². The van der Waals surface area contributed by atoms with Crippen LogP contribution in [0.5, 0.6) is 5.75 Å². The number of carbonyl (C=O) groups excluding carboxylic acids is 1. The van der Waals surface area contributed by atoms with Gasteiger partial charge in [0.1, 0.15) is 110 Å². The number of aliphatic hydroxyl groups is 11. The normalized spacial score (nSPS) is 42.4. The summed E-state index contributed by atoms with van der Waals surface area (Å²) in [5.41, 5.74) is 5.55. The SMILES string of the molecule is CC(=O)NC1C(OC2C(O)C(CO)OC(OC3C(CO)OC(OC4C(COc5ccccc5)OC(OCCCCCN)C(O)C4O)C(O)C3O)C2O)OC(CO)C(O)C1O. The van der Waals surface area contributed by atoms with E-state index in [4.69, 9.17) is 48.4 Å². The van der Waals surface area contributed by atoms with Crippen molar-refractivity contribution in [3.8, 4) is 5.75 Å². The molecule has 1 aromatic carbocycles. The van der Waals surface area contributed by atoms with Gasteiger partial charge in [-0.05, 0) is 37.9 Å². The average molecular weight is 869 g/mol. The maximum Gasteiger partial charge on any atom is 0.217 e. The highest BCUT2D eigenvalue weighted by atomic mass is 16.8. The molecule has 0 spiro atoms. The van der Waals surface area contributed by atoms with Gasteiger partial charge >= 0.3 is 0 Å². The van der Waals surface area contributed by atoms with E-state index in [1.165, 1.54) is 0 Å². The first-order valence-corrected chi connectivity index (χ1v) is 19.9. The van der Waals surface area contributed by atoms with Crippen LogP contribution in [0.2, 0.25) is 0 Å². The molecule has 1 aromatic rings. The molecular formula is C37H60N2O21. The highest BCUT2D eigenvalue weighted by Gasteiger charge is 2.55. The Labute approximate surface area is 345 Å². The summed E-state index contributed by atoms with van der Waals surface area (Å²) in [6, 6.07) is 7.09. The molecule has 344 valence electrons. The fourth-order valence-electron chi connectivity index (χ4n) is 7.37. The highest BCUT2D eigenvalue weighted by molar-refractivity contribution is 5.73. The lowest BCUT2D eigenvalue weighted by Crippen LogP contribution is -2.69. The van der Waals surface area contributed by atoms with E-state index in [9.17, 15) is 61.0 Å². The maximum atomic E-state index is 11.9. The molecule has 0 aromatic heterocycles. The van der Waals surface area contributed by atoms with Gasteiger partial charge in [0, 0.05) is 13.5 Å². The molecule has 60 heavy (non-hydrogen) atoms. The molecule has 4 aliphatic rings. The topological polar surface area (TPSA) is 361 Å². The molecule has 1 amide bonds. The lowest BCUT2D eigenvalue weighted by Gasteiger charge is -2.49. The third kappa shape index (κ3) is 11.6. The number of benzene rings is 1. The van der Waals surface area contributed by atoms with Crippen molar-refractivity contribution in [3.63, 3.8) is 0 Å². The molecule has 0 aliphatic carbocycles. The third-order valence-electron chi connectivity index (χ3n) is 10.7. The van der Waals surface area contributed by atoms with E-state index in [-0.39, 0.29) is 13.2 Å². The van der Waals surface area contributed by atoms with Gasteiger partial charge in [-0.1, -0.05) is 18.2 Å². The molecule has 0 saturated carbocycles. The number of amides is 1. The number of hydrogen-bond donors (Lipinski definition) is 13. The van der Waals surface area contributed by atoms with Gasteiger partial charge in [-0.15, -0.1) is 0 Å². The quantitative estimate of drug-likeness (QED) is 0.0575. The predicted molar refractivity (Wildman–Crippen MR) is 197 cm³/mol. The van der Waals surface area contributed by atoms with Gasteiger partial charge < -0.3 is 110 Å². The van der Waals surface area contributed by atoms with E-state index in [1.807, 2.05) is 0 Å². The molecule has 0 radical (unpaired) electrons. The second-order valence-corrected chi connectivity index (χ2v) is 15.0. The Hall–Kier alpha value is -2.31. The Morgan fingerprint density at radius 2 is 1.13 bits per heavy atom. The zero-order valence-electron chi connectivity index (χ0n) is 32.9. The van der Waals surface area contributed by atoms with Gasteiger partial charge in [0.2, 0.25) is 5.91 Å². The van der Waals surface area contributed by atoms with Gasteiger partial charge in [-0.3, -0.25) is 4.79 Å². The molecular weight excluding hydrogens is 808 g/mol. The molecule has 23 nitrogen and oxygen atoms in total. The Morgan fingerprint density at radius 3 is 1.75 bits per heavy atom. The van der Waals surface area contributed by atoms with Crippen LogP contribution in [0.25, 0.3) is 0 Å². The second kappa shape index (κ2) is 22.9. The number of nitrogens with two attached hydrogens (primary N) is 1. The van der Waals surface area contributed by atoms with Crippen LogP contribution >= 0.6 is 0 Å². The van der Waals surface area contributed by atoms with E-state index >= 15 is 0 Å². The van der Waals surface area contributed by atoms with Crippen molar-refractivity contribution in [3.05, 3.63) is 30.3 Å². The summed E-state index contributed by atoms with van der Waals surface area (Å²) in [4.78, 5) is 11.9. The Bertz CT molecular complexity index is 1420. The number of unbranched alkanes of at least 4 members (excludes halogenated alkanes) is 2. The fraction of sp³-hybridized carbons (Fsp3) is 0.811. The van der Waals surface area contributed by atoms with Crippen molar-refractivity contribution < 1.29 is 104 Å². The van der Waals surface area contributed by atoms with Crippen LogP contribution in [0.3, 0.4) is 0 Å². The number of nitrogens with one attached hydrogen (secondary N) is 1. The molecule has 23 heteroatoms. The van der Waals surface area contributed by atoms with Gasteiger partial charge in [0.05, 0.1) is 19.8 Å². The number of aliphatic hydroxyl groups excluding tert-OH is 11. The summed E-state index contributed by atoms with van der Waals surface area (Å²) >= 11 is 0. The fourth-order valence-corrected chi connectivity index (χ4v) is 7.37. The molecule has 0 bridgehead atoms. The molecule has 14 N–H and O–H groups in total. The Morgan fingerprint density at radius 1 is 0.600 bits per heavy atom. The molecule has 4 aliphatic heterocycles. The van der Waals surface area contributed by atoms with Crippen LogP contribution in [-0.2, 0) is 42.7 Å². The number of ether oxygens (including phenoxy) is 9. The zero-order chi connectivity index (χ0) is 43.7. The van der Waals surface area contributed by atoms with Crippen LogP contribution in [0.4, 0.5) is 0 Å². The maximum absolute atomic E-state index is 11.9. The number of rotatable bonds is 19. The van der Waals surface area contributed by atoms with E-state index in [2.05, 4.69) is 5.32 Å². The minimum absolute atomic E-state index is 0.177. The summed E-state index contributed by atoms with van der Waals surface area (Å²) in [5.74, 6) is -0.249. The number of para-hydroxylation sites is 1. The molecule has 5 rings (SSSR count). The lowest BCUT2D eigenvalue weighted by atomic mass is 9.95. The monoisotopic (exact) mass is 868 g/mol. The molecule has 4 heterocycles. The predicted octanol–water partition coefficient (Wildman–Crippen LogP) is -6.36. The molecule has 20 unspecified atom stereocenters. The first-order chi connectivity index (χ1) is 28.7. The molecule has 4 fully saturated rings. The van der Waals surface area contributed by atoms with Crippen LogP contribution < -0.4 is 15.8 Å². The van der Waals surface area contributed by atoms with Crippen molar-refractivity contribution in [1.29, 1.82) is 0 Å². The van der Waals surface area contributed by atoms with Gasteiger partial charge in [0.25, 0.3) is 0 Å². The van der Waals surface area contributed by atoms with Gasteiger partial charge in [-0.2, -0.15) is 0 Å². The van der Waals surface area contributed by atoms with E-state index in [0.29, 0.717) is 18.7 Å². The second-order valence-electron chi connectivity index (χ2n) is 15.0. The minimum Gasteiger partial charge on any atom is -0.491 e. The first-order valence-electron chi connectivity index (χ1n) is 19.9. The van der Waals surface area contributed by atoms with Crippen molar-refractivity contribution in [2.45, 2.75) is 149 Å². The standard InChI is InChI=1S/C37H60N2O21/c1-16(43)39-22-25(46)23(44)18(12-40)54-34(22)60-33-24(45)19(13-41)55-37(30(33)51)58-31-20(14-42)56-36(29(50)27(31)48)59-32-21(15-53-17-8-4-2-5-9-17)57-35(28(49)26(32)47)52-11-7-3-6-10-38/h2,4-5,8-9,18-37,40-42,44-51H,3,6-7,10-15,38H2,1H3,(H,39,43). The summed E-state index contributed by atoms with van der Waals surface area (Å²) in [6.07, 6.45) is -29.9. The van der Waals surface area contributed by atoms with Gasteiger partial charge in [0.15, 0.2) is 25.2 Å². The molecule has 20 atom stereocenters. The van der Waals surface area contributed by atoms with Crippen LogP contribution in [-0.4, -0.2) is 224 Å². The molecule has 4 saturated heterocycles. The summed E-state index contributed by atoms with van der Waals surface area (Å²) in [6.45, 7) is -1.05. The summed E-state index contributed by atoms with van der Waals surface area (Å²) in [5, 5.41) is 121. The zero-order valence-corrected chi connectivity index (χ0v) is 32.9. The smallest absolute Gasteiger partial charge is 0.217 e. The average Bonchev–Trinajstić information content (AvgIpc) is 3.24. The lowest BCUT2D eigenvalue weighted by molar-refractivity contribution is -0.386. The van der Waals surface area contributed by atoms with Crippen LogP contribution in [0, 0.1) is 0 Å². The van der Waals surface area contributed by atoms with E-state index < -0.39 is 148 Å². The largest absolute Gasteiger partial charge is 0.491 e. The third-order valence-corrected chi connectivity index (χ3v) is 10.7. The first kappa shape index (κ1) is 48.7. The highest BCUT2D eigenvalue weighted by Crippen LogP contribution is 2.35. The Balaban J connectivity index is 1.30. The van der Waals surface area contributed by atoms with E-state index in [0.717, 1.165) is 19.8 Å².